The van der Waals surface area contributed by atoms with Crippen molar-refractivity contribution >= 4 is 26.6 Å². The van der Waals surface area contributed by atoms with Crippen LogP contribution in [0.25, 0.3) is 0 Å². The average Bonchev–Trinajstić information content (AvgIpc) is 2.45. The second kappa shape index (κ2) is 5.65. The molecular formula is C8H14O3S2. The Bertz CT molecular complexity index is 206. The van der Waals surface area contributed by atoms with Gasteiger partial charge in [-0.05, 0) is 19.3 Å². The van der Waals surface area contributed by atoms with Gasteiger partial charge in [0.15, 0.2) is 0 Å². The summed E-state index contributed by atoms with van der Waals surface area (Å²) in [4.78, 5) is 10.2. The summed E-state index contributed by atoms with van der Waals surface area (Å²) in [6, 6.07) is 0. The summed E-state index contributed by atoms with van der Waals surface area (Å²) in [5.41, 5.74) is 0. The molecule has 76 valence electrons. The van der Waals surface area contributed by atoms with Crippen LogP contribution in [-0.4, -0.2) is 26.3 Å². The molecule has 1 fully saturated rings. The molecule has 0 saturated carbocycles. The van der Waals surface area contributed by atoms with E-state index in [9.17, 15) is 9.00 Å². The van der Waals surface area contributed by atoms with E-state index >= 15 is 0 Å². The highest BCUT2D eigenvalue weighted by molar-refractivity contribution is 8.69. The molecule has 0 bridgehead atoms. The average molecular weight is 222 g/mol. The third kappa shape index (κ3) is 4.67. The largest absolute Gasteiger partial charge is 0.481 e. The van der Waals surface area contributed by atoms with Crippen LogP contribution in [0.1, 0.15) is 32.1 Å². The van der Waals surface area contributed by atoms with Crippen LogP contribution in [0.4, 0.5) is 0 Å². The first kappa shape index (κ1) is 11.0. The molecule has 2 atom stereocenters. The van der Waals surface area contributed by atoms with E-state index in [0.29, 0.717) is 5.25 Å². The highest BCUT2D eigenvalue weighted by Gasteiger charge is 2.21. The molecule has 0 aromatic rings. The Balaban J connectivity index is 2.00. The van der Waals surface area contributed by atoms with Crippen molar-refractivity contribution in [1.29, 1.82) is 0 Å². The maximum absolute atomic E-state index is 11.0. The van der Waals surface area contributed by atoms with Gasteiger partial charge < -0.3 is 5.11 Å². The Morgan fingerprint density at radius 2 is 2.31 bits per heavy atom. The van der Waals surface area contributed by atoms with E-state index in [0.717, 1.165) is 31.4 Å². The fourth-order valence-electron chi connectivity index (χ4n) is 1.32. The minimum atomic E-state index is -0.720. The fraction of sp³-hybridized carbons (Fsp3) is 0.875. The zero-order valence-corrected chi connectivity index (χ0v) is 9.03. The first-order chi connectivity index (χ1) is 6.18. The molecule has 1 saturated heterocycles. The van der Waals surface area contributed by atoms with Gasteiger partial charge in [0.25, 0.3) is 0 Å². The van der Waals surface area contributed by atoms with Crippen LogP contribution >= 0.6 is 10.8 Å². The van der Waals surface area contributed by atoms with E-state index in [1.54, 1.807) is 10.8 Å². The molecular weight excluding hydrogens is 208 g/mol. The van der Waals surface area contributed by atoms with Gasteiger partial charge >= 0.3 is 5.97 Å². The van der Waals surface area contributed by atoms with Gasteiger partial charge in [0.1, 0.15) is 0 Å². The standard InChI is InChI=1S/C8H14O3S2/c9-8(10)4-2-1-3-7-5-6-13(11)12-7/h7H,1-6H2,(H,9,10). The number of aliphatic carboxylic acids is 1. The number of unbranched alkanes of at least 4 members (excludes halogenated alkanes) is 1. The molecule has 3 nitrogen and oxygen atoms in total. The smallest absolute Gasteiger partial charge is 0.303 e. The van der Waals surface area contributed by atoms with Crippen molar-refractivity contribution in [2.45, 2.75) is 37.4 Å². The summed E-state index contributed by atoms with van der Waals surface area (Å²) in [6.45, 7) is 0. The molecule has 5 heteroatoms. The third-order valence-electron chi connectivity index (χ3n) is 2.02. The van der Waals surface area contributed by atoms with E-state index in [1.165, 1.54) is 0 Å². The highest BCUT2D eigenvalue weighted by Crippen LogP contribution is 2.31. The van der Waals surface area contributed by atoms with E-state index in [1.807, 2.05) is 0 Å². The molecule has 2 unspecified atom stereocenters. The van der Waals surface area contributed by atoms with Gasteiger partial charge in [-0.25, -0.2) is 4.21 Å². The molecule has 0 aromatic carbocycles. The minimum absolute atomic E-state index is 0.264. The van der Waals surface area contributed by atoms with Crippen molar-refractivity contribution in [3.8, 4) is 0 Å². The second-order valence-corrected chi connectivity index (χ2v) is 6.72. The molecule has 13 heavy (non-hydrogen) atoms. The van der Waals surface area contributed by atoms with Gasteiger partial charge in [-0.1, -0.05) is 17.2 Å². The van der Waals surface area contributed by atoms with Crippen LogP contribution in [-0.2, 0) is 14.6 Å². The van der Waals surface area contributed by atoms with Gasteiger partial charge in [-0.3, -0.25) is 4.79 Å². The molecule has 1 heterocycles. The summed E-state index contributed by atoms with van der Waals surface area (Å²) in [5.74, 6) is 0.0940. The van der Waals surface area contributed by atoms with Crippen molar-refractivity contribution < 1.29 is 14.1 Å². The van der Waals surface area contributed by atoms with E-state index < -0.39 is 15.8 Å². The van der Waals surface area contributed by atoms with Crippen molar-refractivity contribution in [2.24, 2.45) is 0 Å². The molecule has 0 aliphatic carbocycles. The summed E-state index contributed by atoms with van der Waals surface area (Å²) < 4.78 is 11.0. The van der Waals surface area contributed by atoms with Gasteiger partial charge in [0.05, 0.1) is 9.83 Å². The Morgan fingerprint density at radius 1 is 1.54 bits per heavy atom. The molecule has 1 rings (SSSR count). The summed E-state index contributed by atoms with van der Waals surface area (Å²) in [5, 5.41) is 8.90. The summed E-state index contributed by atoms with van der Waals surface area (Å²) >= 11 is 0. The number of carboxylic acids is 1. The van der Waals surface area contributed by atoms with Crippen LogP contribution in [0.15, 0.2) is 0 Å². The highest BCUT2D eigenvalue weighted by atomic mass is 33.1. The first-order valence-corrected chi connectivity index (χ1v) is 7.17. The van der Waals surface area contributed by atoms with Crippen molar-refractivity contribution in [3.05, 3.63) is 0 Å². The van der Waals surface area contributed by atoms with E-state index in [-0.39, 0.29) is 6.42 Å². The zero-order chi connectivity index (χ0) is 9.68. The monoisotopic (exact) mass is 222 g/mol. The number of carboxylic acid groups (broad SMARTS) is 1. The SMILES string of the molecule is O=C(O)CCCCC1CCS(=O)S1. The van der Waals surface area contributed by atoms with Crippen molar-refractivity contribution in [2.75, 3.05) is 5.75 Å². The fourth-order valence-corrected chi connectivity index (χ4v) is 4.88. The zero-order valence-electron chi connectivity index (χ0n) is 7.40. The van der Waals surface area contributed by atoms with Gasteiger partial charge in [-0.2, -0.15) is 0 Å². The topological polar surface area (TPSA) is 54.4 Å². The molecule has 1 aliphatic heterocycles. The second-order valence-electron chi connectivity index (χ2n) is 3.15. The Hall–Kier alpha value is -0.0300. The molecule has 0 radical (unpaired) electrons. The lowest BCUT2D eigenvalue weighted by Crippen LogP contribution is -1.99. The van der Waals surface area contributed by atoms with Crippen LogP contribution in [0.2, 0.25) is 0 Å². The predicted molar refractivity (Wildman–Crippen MR) is 55.1 cm³/mol. The minimum Gasteiger partial charge on any atom is -0.481 e. The summed E-state index contributed by atoms with van der Waals surface area (Å²) in [7, 11) is 0.882. The van der Waals surface area contributed by atoms with Crippen molar-refractivity contribution in [3.63, 3.8) is 0 Å². The molecule has 0 spiro atoms. The predicted octanol–water partition coefficient (Wildman–Crippen LogP) is 1.80. The number of rotatable bonds is 5. The van der Waals surface area contributed by atoms with Crippen LogP contribution in [0.5, 0.6) is 0 Å². The van der Waals surface area contributed by atoms with Crippen molar-refractivity contribution in [1.82, 2.24) is 0 Å². The Labute approximate surface area is 84.1 Å². The lowest BCUT2D eigenvalue weighted by Gasteiger charge is -2.04. The molecule has 1 N–H and O–H groups in total. The summed E-state index contributed by atoms with van der Waals surface area (Å²) in [6.07, 6.45) is 4.01. The van der Waals surface area contributed by atoms with Gasteiger partial charge in [-0.15, -0.1) is 0 Å². The Kier molecular flexibility index (Phi) is 4.80. The molecule has 0 aromatic heterocycles. The lowest BCUT2D eigenvalue weighted by atomic mass is 10.1. The van der Waals surface area contributed by atoms with E-state index in [4.69, 9.17) is 5.11 Å². The number of hydrogen-bond donors (Lipinski definition) is 1. The van der Waals surface area contributed by atoms with Crippen LogP contribution in [0.3, 0.4) is 0 Å². The maximum Gasteiger partial charge on any atom is 0.303 e. The van der Waals surface area contributed by atoms with E-state index in [2.05, 4.69) is 0 Å². The third-order valence-corrected chi connectivity index (χ3v) is 5.50. The van der Waals surface area contributed by atoms with Crippen LogP contribution in [0, 0.1) is 0 Å². The van der Waals surface area contributed by atoms with Gasteiger partial charge in [0, 0.05) is 17.4 Å². The molecule has 0 amide bonds. The maximum atomic E-state index is 11.0. The number of carbonyl (C=O) groups is 1. The normalized spacial score (nSPS) is 27.7. The molecule has 1 aliphatic rings. The lowest BCUT2D eigenvalue weighted by molar-refractivity contribution is -0.137. The Morgan fingerprint density at radius 3 is 2.85 bits per heavy atom. The van der Waals surface area contributed by atoms with Gasteiger partial charge in [0.2, 0.25) is 0 Å². The van der Waals surface area contributed by atoms with Crippen LogP contribution < -0.4 is 0 Å². The quantitative estimate of drug-likeness (QED) is 0.569. The number of hydrogen-bond acceptors (Lipinski definition) is 3. The first-order valence-electron chi connectivity index (χ1n) is 4.46.